The number of aromatic amines is 2. The van der Waals surface area contributed by atoms with Gasteiger partial charge in [-0.3, -0.25) is 14.9 Å². The molecule has 0 aromatic carbocycles. The molecule has 2 rings (SSSR count). The summed E-state index contributed by atoms with van der Waals surface area (Å²) < 4.78 is 0.433. The maximum Gasteiger partial charge on any atom is 0.264 e. The molecular weight excluding hydrogens is 247 g/mol. The third-order valence-corrected chi connectivity index (χ3v) is 2.11. The van der Waals surface area contributed by atoms with E-state index in [0.29, 0.717) is 15.6 Å². The Labute approximate surface area is 79.3 Å². The molecule has 7 heteroatoms. The first kappa shape index (κ1) is 7.75. The van der Waals surface area contributed by atoms with Crippen LogP contribution in [0, 0.1) is 0 Å². The number of halogens is 2. The zero-order valence-corrected chi connectivity index (χ0v) is 7.90. The van der Waals surface area contributed by atoms with E-state index in [4.69, 9.17) is 11.6 Å². The van der Waals surface area contributed by atoms with Crippen molar-refractivity contribution in [1.82, 2.24) is 20.2 Å². The van der Waals surface area contributed by atoms with Gasteiger partial charge in [0, 0.05) is 0 Å². The second kappa shape index (κ2) is 2.56. The molecule has 0 aliphatic rings. The Kier molecular flexibility index (Phi) is 1.66. The van der Waals surface area contributed by atoms with Gasteiger partial charge in [0.15, 0.2) is 5.65 Å². The van der Waals surface area contributed by atoms with Crippen molar-refractivity contribution in [2.75, 3.05) is 0 Å². The normalized spacial score (nSPS) is 10.8. The Bertz CT molecular complexity index is 490. The summed E-state index contributed by atoms with van der Waals surface area (Å²) in [5, 5.41) is 6.72. The molecule has 0 unspecified atom stereocenters. The van der Waals surface area contributed by atoms with E-state index >= 15 is 0 Å². The van der Waals surface area contributed by atoms with Gasteiger partial charge in [0.25, 0.3) is 5.56 Å². The minimum atomic E-state index is -0.314. The van der Waals surface area contributed by atoms with E-state index in [9.17, 15) is 4.79 Å². The lowest BCUT2D eigenvalue weighted by atomic mass is 10.4. The van der Waals surface area contributed by atoms with Gasteiger partial charge in [-0.15, -0.1) is 0 Å². The molecule has 0 aliphatic heterocycles. The van der Waals surface area contributed by atoms with Crippen molar-refractivity contribution in [3.63, 3.8) is 0 Å². The van der Waals surface area contributed by atoms with Gasteiger partial charge in [-0.2, -0.15) is 10.1 Å². The van der Waals surface area contributed by atoms with Gasteiger partial charge >= 0.3 is 0 Å². The summed E-state index contributed by atoms with van der Waals surface area (Å²) in [5.41, 5.74) is 0.0567. The lowest BCUT2D eigenvalue weighted by Gasteiger charge is -1.88. The molecule has 2 aromatic heterocycles. The number of fused-ring (bicyclic) bond motifs is 1. The van der Waals surface area contributed by atoms with Crippen LogP contribution in [0.4, 0.5) is 0 Å². The first-order valence-electron chi connectivity index (χ1n) is 2.98. The minimum Gasteiger partial charge on any atom is -0.296 e. The van der Waals surface area contributed by atoms with Crippen LogP contribution in [-0.4, -0.2) is 20.2 Å². The van der Waals surface area contributed by atoms with Crippen molar-refractivity contribution in [3.05, 3.63) is 20.2 Å². The van der Waals surface area contributed by atoms with Crippen molar-refractivity contribution >= 4 is 38.6 Å². The molecule has 2 heterocycles. The number of rotatable bonds is 0. The van der Waals surface area contributed by atoms with E-state index in [1.165, 1.54) is 0 Å². The Morgan fingerprint density at radius 1 is 1.50 bits per heavy atom. The molecule has 0 bridgehead atoms. The highest BCUT2D eigenvalue weighted by Crippen LogP contribution is 2.15. The van der Waals surface area contributed by atoms with Crippen molar-refractivity contribution in [3.8, 4) is 0 Å². The van der Waals surface area contributed by atoms with E-state index in [1.807, 2.05) is 0 Å². The fourth-order valence-electron chi connectivity index (χ4n) is 0.876. The van der Waals surface area contributed by atoms with Gasteiger partial charge in [0.2, 0.25) is 5.28 Å². The zero-order valence-electron chi connectivity index (χ0n) is 5.56. The predicted molar refractivity (Wildman–Crippen MR) is 47.2 cm³/mol. The Balaban J connectivity index is 3.03. The second-order valence-corrected chi connectivity index (χ2v) is 3.20. The highest BCUT2D eigenvalue weighted by molar-refractivity contribution is 9.10. The number of H-pyrrole nitrogens is 2. The summed E-state index contributed by atoms with van der Waals surface area (Å²) >= 11 is 8.60. The van der Waals surface area contributed by atoms with E-state index in [1.54, 1.807) is 0 Å². The predicted octanol–water partition coefficient (Wildman–Crippen LogP) is 1.06. The van der Waals surface area contributed by atoms with Crippen LogP contribution in [0.5, 0.6) is 0 Å². The number of nitrogens with one attached hydrogen (secondary N) is 2. The molecule has 0 spiro atoms. The summed E-state index contributed by atoms with van der Waals surface area (Å²) in [6.45, 7) is 0. The van der Waals surface area contributed by atoms with Crippen molar-refractivity contribution in [2.24, 2.45) is 0 Å². The average molecular weight is 249 g/mol. The standard InChI is InChI=1S/C5H2BrClN4O/c6-2-1-3(11-10-2)8-5(7)9-4(1)12/h(H2,8,9,10,11,12). The Morgan fingerprint density at radius 2 is 2.25 bits per heavy atom. The second-order valence-electron chi connectivity index (χ2n) is 2.09. The summed E-state index contributed by atoms with van der Waals surface area (Å²) in [6, 6.07) is 0. The molecular formula is C5H2BrClN4O. The third-order valence-electron chi connectivity index (χ3n) is 1.36. The van der Waals surface area contributed by atoms with Crippen LogP contribution in [0.25, 0.3) is 11.0 Å². The molecule has 12 heavy (non-hydrogen) atoms. The quantitative estimate of drug-likeness (QED) is 0.686. The molecule has 0 saturated heterocycles. The van der Waals surface area contributed by atoms with Crippen LogP contribution in [-0.2, 0) is 0 Å². The maximum atomic E-state index is 11.2. The average Bonchev–Trinajstić information content (AvgIpc) is 2.31. The first-order valence-corrected chi connectivity index (χ1v) is 4.15. The van der Waals surface area contributed by atoms with Crippen molar-refractivity contribution < 1.29 is 0 Å². The van der Waals surface area contributed by atoms with Crippen LogP contribution < -0.4 is 5.56 Å². The number of nitrogens with zero attached hydrogens (tertiary/aromatic N) is 2. The molecule has 5 nitrogen and oxygen atoms in total. The summed E-state index contributed by atoms with van der Waals surface area (Å²) in [5.74, 6) is 0. The highest BCUT2D eigenvalue weighted by atomic mass is 79.9. The van der Waals surface area contributed by atoms with Crippen LogP contribution in [0.3, 0.4) is 0 Å². The largest absolute Gasteiger partial charge is 0.296 e. The molecule has 0 amide bonds. The van der Waals surface area contributed by atoms with E-state index in [-0.39, 0.29) is 10.8 Å². The fourth-order valence-corrected chi connectivity index (χ4v) is 1.50. The highest BCUT2D eigenvalue weighted by Gasteiger charge is 2.08. The molecule has 2 N–H and O–H groups in total. The maximum absolute atomic E-state index is 11.2. The van der Waals surface area contributed by atoms with Crippen molar-refractivity contribution in [2.45, 2.75) is 0 Å². The lowest BCUT2D eigenvalue weighted by molar-refractivity contribution is 1.07. The SMILES string of the molecule is O=c1[nH]c(Cl)nc2[nH]nc(Br)c12. The van der Waals surface area contributed by atoms with Gasteiger partial charge in [-0.25, -0.2) is 0 Å². The molecule has 0 saturated carbocycles. The zero-order chi connectivity index (χ0) is 8.72. The number of aromatic nitrogens is 4. The van der Waals surface area contributed by atoms with E-state index in [2.05, 4.69) is 36.1 Å². The topological polar surface area (TPSA) is 74.4 Å². The molecule has 0 fully saturated rings. The van der Waals surface area contributed by atoms with Gasteiger partial charge < -0.3 is 0 Å². The number of hydrogen-bond donors (Lipinski definition) is 2. The van der Waals surface area contributed by atoms with Crippen LogP contribution in [0.1, 0.15) is 0 Å². The summed E-state index contributed by atoms with van der Waals surface area (Å²) in [4.78, 5) is 17.4. The summed E-state index contributed by atoms with van der Waals surface area (Å²) in [7, 11) is 0. The van der Waals surface area contributed by atoms with Gasteiger partial charge in [-0.05, 0) is 27.5 Å². The van der Waals surface area contributed by atoms with Crippen LogP contribution >= 0.6 is 27.5 Å². The van der Waals surface area contributed by atoms with Gasteiger partial charge in [-0.1, -0.05) is 0 Å². The smallest absolute Gasteiger partial charge is 0.264 e. The summed E-state index contributed by atoms with van der Waals surface area (Å²) in [6.07, 6.45) is 0. The van der Waals surface area contributed by atoms with Crippen LogP contribution in [0.15, 0.2) is 9.40 Å². The molecule has 0 radical (unpaired) electrons. The molecule has 0 atom stereocenters. The van der Waals surface area contributed by atoms with Gasteiger partial charge in [0.1, 0.15) is 9.99 Å². The first-order chi connectivity index (χ1) is 5.68. The Morgan fingerprint density at radius 3 is 3.00 bits per heavy atom. The molecule has 62 valence electrons. The lowest BCUT2D eigenvalue weighted by Crippen LogP contribution is -2.06. The van der Waals surface area contributed by atoms with E-state index in [0.717, 1.165) is 0 Å². The third kappa shape index (κ3) is 1.03. The molecule has 0 aliphatic carbocycles. The van der Waals surface area contributed by atoms with Crippen molar-refractivity contribution in [1.29, 1.82) is 0 Å². The minimum absolute atomic E-state index is 0.0450. The molecule has 2 aromatic rings. The van der Waals surface area contributed by atoms with Gasteiger partial charge in [0.05, 0.1) is 0 Å². The van der Waals surface area contributed by atoms with E-state index < -0.39 is 0 Å². The Hall–Kier alpha value is -0.880. The number of hydrogen-bond acceptors (Lipinski definition) is 3. The van der Waals surface area contributed by atoms with Crippen LogP contribution in [0.2, 0.25) is 5.28 Å². The monoisotopic (exact) mass is 248 g/mol. The fraction of sp³-hybridized carbons (Fsp3) is 0.